The minimum atomic E-state index is 0.761. The molecule has 0 atom stereocenters. The number of hydrogen-bond acceptors (Lipinski definition) is 2. The second-order valence-corrected chi connectivity index (χ2v) is 4.62. The lowest BCUT2D eigenvalue weighted by atomic mass is 10.1. The summed E-state index contributed by atoms with van der Waals surface area (Å²) in [5.74, 6) is 0. The van der Waals surface area contributed by atoms with Gasteiger partial charge in [-0.3, -0.25) is 10.4 Å². The van der Waals surface area contributed by atoms with Gasteiger partial charge in [-0.25, -0.2) is 0 Å². The minimum Gasteiger partial charge on any atom is -0.298 e. The van der Waals surface area contributed by atoms with Crippen LogP contribution in [0.3, 0.4) is 0 Å². The van der Waals surface area contributed by atoms with E-state index >= 15 is 0 Å². The summed E-state index contributed by atoms with van der Waals surface area (Å²) < 4.78 is 0. The predicted molar refractivity (Wildman–Crippen MR) is 76.4 cm³/mol. The first-order chi connectivity index (χ1) is 8.83. The predicted octanol–water partition coefficient (Wildman–Crippen LogP) is 3.71. The summed E-state index contributed by atoms with van der Waals surface area (Å²) in [4.78, 5) is 0. The zero-order valence-corrected chi connectivity index (χ0v) is 10.6. The lowest BCUT2D eigenvalue weighted by molar-refractivity contribution is 0.852. The van der Waals surface area contributed by atoms with Gasteiger partial charge in [0.15, 0.2) is 0 Å². The monoisotopic (exact) mass is 256 g/mol. The van der Waals surface area contributed by atoms with Crippen LogP contribution in [-0.2, 0) is 0 Å². The van der Waals surface area contributed by atoms with E-state index in [4.69, 9.17) is 11.6 Å². The van der Waals surface area contributed by atoms with Gasteiger partial charge in [0.1, 0.15) is 0 Å². The molecule has 3 rings (SSSR count). The summed E-state index contributed by atoms with van der Waals surface area (Å²) in [5.41, 5.74) is 6.83. The molecule has 2 aromatic rings. The van der Waals surface area contributed by atoms with E-state index < -0.39 is 0 Å². The maximum Gasteiger partial charge on any atom is 0.0598 e. The van der Waals surface area contributed by atoms with E-state index in [0.29, 0.717) is 0 Å². The van der Waals surface area contributed by atoms with Crippen LogP contribution < -0.4 is 10.4 Å². The molecule has 1 aliphatic rings. The van der Waals surface area contributed by atoms with Gasteiger partial charge >= 0.3 is 0 Å². The summed E-state index contributed by atoms with van der Waals surface area (Å²) >= 11 is 5.89. The molecule has 0 aliphatic carbocycles. The minimum absolute atomic E-state index is 0.761. The van der Waals surface area contributed by atoms with Crippen molar-refractivity contribution in [1.29, 1.82) is 0 Å². The van der Waals surface area contributed by atoms with Crippen molar-refractivity contribution in [1.82, 2.24) is 5.43 Å². The second-order valence-electron chi connectivity index (χ2n) is 4.18. The molecule has 3 heteroatoms. The first-order valence-electron chi connectivity index (χ1n) is 5.88. The van der Waals surface area contributed by atoms with Crippen LogP contribution in [0, 0.1) is 0 Å². The fraction of sp³-hybridized carbons (Fsp3) is 0.0667. The van der Waals surface area contributed by atoms with E-state index in [0.717, 1.165) is 28.5 Å². The summed E-state index contributed by atoms with van der Waals surface area (Å²) in [6.45, 7) is 0.863. The molecular weight excluding hydrogens is 244 g/mol. The first kappa shape index (κ1) is 11.2. The van der Waals surface area contributed by atoms with Crippen LogP contribution in [-0.4, -0.2) is 6.54 Å². The summed E-state index contributed by atoms with van der Waals surface area (Å²) in [6.07, 6.45) is 2.18. The molecular formula is C15H13ClN2. The van der Waals surface area contributed by atoms with E-state index in [1.807, 2.05) is 42.5 Å². The molecule has 0 aromatic heterocycles. The lowest BCUT2D eigenvalue weighted by Gasteiger charge is -2.20. The third kappa shape index (κ3) is 2.20. The molecule has 0 bridgehead atoms. The second kappa shape index (κ2) is 4.75. The number of halogens is 1. The van der Waals surface area contributed by atoms with Gasteiger partial charge in [-0.05, 0) is 35.9 Å². The molecule has 18 heavy (non-hydrogen) atoms. The molecule has 0 spiro atoms. The highest BCUT2D eigenvalue weighted by molar-refractivity contribution is 6.30. The Morgan fingerprint density at radius 2 is 1.67 bits per heavy atom. The number of benzene rings is 2. The Morgan fingerprint density at radius 1 is 0.944 bits per heavy atom. The quantitative estimate of drug-likeness (QED) is 0.881. The van der Waals surface area contributed by atoms with Crippen molar-refractivity contribution in [2.75, 3.05) is 11.6 Å². The van der Waals surface area contributed by atoms with E-state index in [-0.39, 0.29) is 0 Å². The summed E-state index contributed by atoms with van der Waals surface area (Å²) in [6, 6.07) is 18.1. The molecule has 1 heterocycles. The Kier molecular flexibility index (Phi) is 2.95. The van der Waals surface area contributed by atoms with E-state index in [1.165, 1.54) is 0 Å². The van der Waals surface area contributed by atoms with Gasteiger partial charge in [0.2, 0.25) is 0 Å². The van der Waals surface area contributed by atoms with Crippen LogP contribution in [0.5, 0.6) is 0 Å². The van der Waals surface area contributed by atoms with Gasteiger partial charge in [0, 0.05) is 5.02 Å². The zero-order valence-electron chi connectivity index (χ0n) is 9.81. The average molecular weight is 257 g/mol. The van der Waals surface area contributed by atoms with Crippen molar-refractivity contribution in [2.45, 2.75) is 0 Å². The number of nitrogens with zero attached hydrogens (tertiary/aromatic N) is 1. The van der Waals surface area contributed by atoms with Crippen LogP contribution in [0.25, 0.3) is 5.70 Å². The molecule has 2 aromatic carbocycles. The summed E-state index contributed by atoms with van der Waals surface area (Å²) in [5, 5.41) is 2.88. The molecule has 0 unspecified atom stereocenters. The van der Waals surface area contributed by atoms with E-state index in [2.05, 4.69) is 28.6 Å². The average Bonchev–Trinajstić information content (AvgIpc) is 2.90. The Morgan fingerprint density at radius 3 is 2.39 bits per heavy atom. The van der Waals surface area contributed by atoms with Gasteiger partial charge in [0.25, 0.3) is 0 Å². The maximum absolute atomic E-state index is 5.89. The van der Waals surface area contributed by atoms with Gasteiger partial charge in [-0.2, -0.15) is 0 Å². The highest BCUT2D eigenvalue weighted by Crippen LogP contribution is 2.22. The topological polar surface area (TPSA) is 15.3 Å². The molecule has 0 saturated heterocycles. The van der Waals surface area contributed by atoms with Gasteiger partial charge in [-0.1, -0.05) is 41.9 Å². The van der Waals surface area contributed by atoms with Crippen molar-refractivity contribution in [3.8, 4) is 0 Å². The highest BCUT2D eigenvalue weighted by Gasteiger charge is 2.14. The molecule has 90 valence electrons. The third-order valence-electron chi connectivity index (χ3n) is 2.96. The van der Waals surface area contributed by atoms with Crippen LogP contribution in [0.2, 0.25) is 5.02 Å². The van der Waals surface area contributed by atoms with Crippen molar-refractivity contribution in [3.05, 3.63) is 71.3 Å². The van der Waals surface area contributed by atoms with Gasteiger partial charge in [0.05, 0.1) is 17.9 Å². The number of anilines is 1. The Hall–Kier alpha value is -1.93. The normalized spacial score (nSPS) is 14.3. The fourth-order valence-electron chi connectivity index (χ4n) is 2.01. The van der Waals surface area contributed by atoms with Crippen LogP contribution >= 0.6 is 11.6 Å². The number of rotatable bonds is 2. The molecule has 0 saturated carbocycles. The summed E-state index contributed by atoms with van der Waals surface area (Å²) in [7, 11) is 0. The van der Waals surface area contributed by atoms with E-state index in [1.54, 1.807) is 0 Å². The van der Waals surface area contributed by atoms with Crippen molar-refractivity contribution < 1.29 is 0 Å². The molecule has 1 aliphatic heterocycles. The SMILES string of the molecule is Clc1ccc(C2=CCN(c3ccccc3)N2)cc1. The number of nitrogens with one attached hydrogen (secondary N) is 1. The number of para-hydroxylation sites is 1. The first-order valence-corrected chi connectivity index (χ1v) is 6.26. The third-order valence-corrected chi connectivity index (χ3v) is 3.21. The van der Waals surface area contributed by atoms with Crippen molar-refractivity contribution >= 4 is 23.0 Å². The highest BCUT2D eigenvalue weighted by atomic mass is 35.5. The lowest BCUT2D eigenvalue weighted by Crippen LogP contribution is -2.31. The van der Waals surface area contributed by atoms with Crippen LogP contribution in [0.1, 0.15) is 5.56 Å². The number of hydrogen-bond donors (Lipinski definition) is 1. The standard InChI is InChI=1S/C15H13ClN2/c16-13-8-6-12(7-9-13)15-10-11-18(17-15)14-4-2-1-3-5-14/h1-10,17H,11H2. The fourth-order valence-corrected chi connectivity index (χ4v) is 2.13. The zero-order chi connectivity index (χ0) is 12.4. The largest absolute Gasteiger partial charge is 0.298 e. The Balaban J connectivity index is 1.77. The van der Waals surface area contributed by atoms with E-state index in [9.17, 15) is 0 Å². The molecule has 2 nitrogen and oxygen atoms in total. The van der Waals surface area contributed by atoms with Gasteiger partial charge in [-0.15, -0.1) is 0 Å². The van der Waals surface area contributed by atoms with Crippen molar-refractivity contribution in [2.24, 2.45) is 0 Å². The molecule has 0 radical (unpaired) electrons. The molecule has 1 N–H and O–H groups in total. The maximum atomic E-state index is 5.89. The van der Waals surface area contributed by atoms with Crippen molar-refractivity contribution in [3.63, 3.8) is 0 Å². The molecule has 0 fully saturated rings. The smallest absolute Gasteiger partial charge is 0.0598 e. The Bertz CT molecular complexity index is 561. The van der Waals surface area contributed by atoms with Crippen LogP contribution in [0.4, 0.5) is 5.69 Å². The van der Waals surface area contributed by atoms with Crippen LogP contribution in [0.15, 0.2) is 60.7 Å². The molecule has 0 amide bonds. The number of hydrazine groups is 1. The Labute approximate surface area is 111 Å². The van der Waals surface area contributed by atoms with Gasteiger partial charge < -0.3 is 0 Å².